The summed E-state index contributed by atoms with van der Waals surface area (Å²) in [6.07, 6.45) is 0. The lowest BCUT2D eigenvalue weighted by Crippen LogP contribution is -2.21. The van der Waals surface area contributed by atoms with E-state index in [1.54, 1.807) is 16.6 Å². The number of nitrogens with zero attached hydrogens (tertiary/aromatic N) is 3. The van der Waals surface area contributed by atoms with E-state index in [4.69, 9.17) is 14.9 Å². The van der Waals surface area contributed by atoms with Gasteiger partial charge in [0.1, 0.15) is 5.75 Å². The summed E-state index contributed by atoms with van der Waals surface area (Å²) in [6.45, 7) is 3.45. The van der Waals surface area contributed by atoms with Crippen molar-refractivity contribution in [2.24, 2.45) is 0 Å². The Hall–Kier alpha value is -2.98. The number of benzene rings is 2. The lowest BCUT2D eigenvalue weighted by Gasteiger charge is -2.15. The molecule has 0 saturated carbocycles. The van der Waals surface area contributed by atoms with Gasteiger partial charge in [-0.2, -0.15) is 5.10 Å². The number of anilines is 1. The van der Waals surface area contributed by atoms with Crippen LogP contribution in [-0.4, -0.2) is 78.3 Å². The van der Waals surface area contributed by atoms with Crippen molar-refractivity contribution in [3.8, 4) is 5.75 Å². The molecule has 0 unspecified atom stereocenters. The van der Waals surface area contributed by atoms with Crippen molar-refractivity contribution in [2.75, 3.05) is 58.9 Å². The number of aliphatic hydroxyl groups excluding tert-OH is 1. The fraction of sp³-hybridized carbons (Fsp3) is 0.391. The molecule has 0 saturated heterocycles. The van der Waals surface area contributed by atoms with E-state index in [1.807, 2.05) is 26.2 Å². The first-order chi connectivity index (χ1) is 15.5. The Morgan fingerprint density at radius 2 is 1.97 bits per heavy atom. The van der Waals surface area contributed by atoms with E-state index in [2.05, 4.69) is 15.5 Å². The van der Waals surface area contributed by atoms with Gasteiger partial charge in [-0.1, -0.05) is 6.07 Å². The lowest BCUT2D eigenvalue weighted by molar-refractivity contribution is 0.0937. The van der Waals surface area contributed by atoms with Crippen molar-refractivity contribution < 1.29 is 14.9 Å². The largest absolute Gasteiger partial charge is 0.506 e. The van der Waals surface area contributed by atoms with Gasteiger partial charge in [-0.25, -0.2) is 4.52 Å². The average molecular weight is 440 g/mol. The van der Waals surface area contributed by atoms with Crippen LogP contribution in [0.2, 0.25) is 0 Å². The Bertz CT molecular complexity index is 1270. The molecule has 0 atom stereocenters. The molecule has 4 aromatic rings. The van der Waals surface area contributed by atoms with Crippen LogP contribution in [0, 0.1) is 0 Å². The predicted octanol–water partition coefficient (Wildman–Crippen LogP) is 1.22. The number of likely N-dealkylation sites (N-methyl/N-ethyl adjacent to an activating group) is 1. The number of aliphatic hydroxyl groups is 1. The molecule has 0 fully saturated rings. The summed E-state index contributed by atoms with van der Waals surface area (Å²) < 4.78 is 7.05. The fourth-order valence-corrected chi connectivity index (χ4v) is 3.95. The van der Waals surface area contributed by atoms with Gasteiger partial charge < -0.3 is 30.5 Å². The van der Waals surface area contributed by atoms with Crippen molar-refractivity contribution in [2.45, 2.75) is 6.54 Å². The predicted molar refractivity (Wildman–Crippen MR) is 126 cm³/mol. The number of nitrogens with one attached hydrogen (secondary N) is 2. The molecule has 32 heavy (non-hydrogen) atoms. The van der Waals surface area contributed by atoms with E-state index in [1.165, 1.54) is 6.07 Å². The molecule has 0 radical (unpaired) electrons. The number of rotatable bonds is 11. The Balaban J connectivity index is 1.79. The Labute approximate surface area is 185 Å². The summed E-state index contributed by atoms with van der Waals surface area (Å²) in [6, 6.07) is 8.87. The second-order valence-electron chi connectivity index (χ2n) is 7.98. The Morgan fingerprint density at radius 3 is 2.75 bits per heavy atom. The minimum Gasteiger partial charge on any atom is -0.506 e. The van der Waals surface area contributed by atoms with E-state index in [0.717, 1.165) is 28.8 Å². The smallest absolute Gasteiger partial charge is 0.191 e. The first-order valence-corrected chi connectivity index (χ1v) is 10.7. The first-order valence-electron chi connectivity index (χ1n) is 10.7. The number of aromatic nitrogens is 2. The summed E-state index contributed by atoms with van der Waals surface area (Å²) >= 11 is 0. The highest BCUT2D eigenvalue weighted by molar-refractivity contribution is 6.13. The van der Waals surface area contributed by atoms with Gasteiger partial charge in [-0.05, 0) is 38.4 Å². The van der Waals surface area contributed by atoms with Gasteiger partial charge in [-0.15, -0.1) is 0 Å². The molecular formula is C23H29N5O4. The average Bonchev–Trinajstić information content (AvgIpc) is 3.13. The van der Waals surface area contributed by atoms with Crippen LogP contribution in [0.3, 0.4) is 0 Å². The molecule has 0 aliphatic rings. The standard InChI is InChI=1S/C23H29N5O4/c1-27(2)10-8-25-16-7-6-15-17(14-24-9-12-32-13-11-29)26-28-18-4-3-5-19(30)21(18)23(31)20(16)22(15)28/h3-7,24-25,29,31H,8-14H2,1-2H3. The maximum Gasteiger partial charge on any atom is 0.191 e. The molecule has 0 spiro atoms. The fourth-order valence-electron chi connectivity index (χ4n) is 3.95. The molecule has 2 heterocycles. The molecule has 4 rings (SSSR count). The summed E-state index contributed by atoms with van der Waals surface area (Å²) in [4.78, 5) is 14.7. The van der Waals surface area contributed by atoms with Crippen molar-refractivity contribution in [3.05, 3.63) is 46.2 Å². The second kappa shape index (κ2) is 9.66. The van der Waals surface area contributed by atoms with Crippen molar-refractivity contribution >= 4 is 32.9 Å². The van der Waals surface area contributed by atoms with Gasteiger partial charge in [0.15, 0.2) is 5.43 Å². The number of hydrogen-bond donors (Lipinski definition) is 4. The zero-order valence-corrected chi connectivity index (χ0v) is 18.4. The SMILES string of the molecule is CN(C)CCNc1ccc2c(CNCCOCCO)nn3c4cccc(=O)c4c(O)c1c23. The highest BCUT2D eigenvalue weighted by Crippen LogP contribution is 2.40. The van der Waals surface area contributed by atoms with Crippen LogP contribution in [-0.2, 0) is 11.3 Å². The van der Waals surface area contributed by atoms with Crippen LogP contribution >= 0.6 is 0 Å². The minimum atomic E-state index is -0.238. The third kappa shape index (κ3) is 4.20. The normalized spacial score (nSPS) is 12.0. The molecule has 9 heteroatoms. The molecule has 0 aliphatic heterocycles. The van der Waals surface area contributed by atoms with Crippen LogP contribution < -0.4 is 16.1 Å². The van der Waals surface area contributed by atoms with E-state index < -0.39 is 0 Å². The number of aromatic hydroxyl groups is 1. The third-order valence-electron chi connectivity index (χ3n) is 5.45. The van der Waals surface area contributed by atoms with Crippen LogP contribution in [0.4, 0.5) is 5.69 Å². The zero-order chi connectivity index (χ0) is 22.7. The van der Waals surface area contributed by atoms with Gasteiger partial charge in [0.05, 0.1) is 47.3 Å². The molecule has 0 amide bonds. The Kier molecular flexibility index (Phi) is 6.71. The van der Waals surface area contributed by atoms with Gasteiger partial charge in [0.25, 0.3) is 0 Å². The molecule has 170 valence electrons. The number of fused-ring (bicyclic) bond motifs is 2. The highest BCUT2D eigenvalue weighted by Gasteiger charge is 2.21. The van der Waals surface area contributed by atoms with Crippen LogP contribution in [0.5, 0.6) is 5.75 Å². The molecule has 2 aromatic heterocycles. The van der Waals surface area contributed by atoms with Gasteiger partial charge >= 0.3 is 0 Å². The zero-order valence-electron chi connectivity index (χ0n) is 18.4. The van der Waals surface area contributed by atoms with Gasteiger partial charge in [0, 0.05) is 37.3 Å². The Morgan fingerprint density at radius 1 is 1.12 bits per heavy atom. The maximum atomic E-state index is 12.6. The molecule has 0 aliphatic carbocycles. The third-order valence-corrected chi connectivity index (χ3v) is 5.45. The van der Waals surface area contributed by atoms with Crippen molar-refractivity contribution in [1.29, 1.82) is 0 Å². The van der Waals surface area contributed by atoms with Crippen LogP contribution in [0.25, 0.3) is 27.2 Å². The summed E-state index contributed by atoms with van der Waals surface area (Å²) in [5.74, 6) is -0.0205. The van der Waals surface area contributed by atoms with E-state index in [0.29, 0.717) is 43.8 Å². The first kappa shape index (κ1) is 22.2. The van der Waals surface area contributed by atoms with Gasteiger partial charge in [-0.3, -0.25) is 4.79 Å². The van der Waals surface area contributed by atoms with Gasteiger partial charge in [0.2, 0.25) is 0 Å². The highest BCUT2D eigenvalue weighted by atomic mass is 16.5. The molecular weight excluding hydrogens is 410 g/mol. The minimum absolute atomic E-state index is 0.00381. The lowest BCUT2D eigenvalue weighted by atomic mass is 10.0. The van der Waals surface area contributed by atoms with Crippen LogP contribution in [0.1, 0.15) is 5.69 Å². The van der Waals surface area contributed by atoms with Crippen molar-refractivity contribution in [1.82, 2.24) is 19.8 Å². The second-order valence-corrected chi connectivity index (χ2v) is 7.98. The number of ether oxygens (including phenoxy) is 1. The molecule has 9 nitrogen and oxygen atoms in total. The quantitative estimate of drug-likeness (QED) is 0.204. The summed E-state index contributed by atoms with van der Waals surface area (Å²) in [5.41, 5.74) is 2.71. The van der Waals surface area contributed by atoms with E-state index in [9.17, 15) is 9.90 Å². The van der Waals surface area contributed by atoms with E-state index in [-0.39, 0.29) is 23.2 Å². The molecule has 4 N–H and O–H groups in total. The molecule has 0 bridgehead atoms. The van der Waals surface area contributed by atoms with E-state index >= 15 is 0 Å². The molecule has 2 aromatic carbocycles. The monoisotopic (exact) mass is 439 g/mol. The van der Waals surface area contributed by atoms with Crippen molar-refractivity contribution in [3.63, 3.8) is 0 Å². The topological polar surface area (TPSA) is 111 Å². The van der Waals surface area contributed by atoms with Crippen LogP contribution in [0.15, 0.2) is 35.1 Å². The summed E-state index contributed by atoms with van der Waals surface area (Å²) in [7, 11) is 4.00. The maximum absolute atomic E-state index is 12.6. The number of pyridine rings is 1. The summed E-state index contributed by atoms with van der Waals surface area (Å²) in [5, 5.41) is 33.2. The number of hydrogen-bond acceptors (Lipinski definition) is 8.